The maximum atomic E-state index is 14.3. The summed E-state index contributed by atoms with van der Waals surface area (Å²) >= 11 is 0. The van der Waals surface area contributed by atoms with Gasteiger partial charge in [0.1, 0.15) is 0 Å². The SMILES string of the molecule is CCCCOC(=O)c1ccc(O[C@H]2CC[C@@H](CC(=O)OC)CC2)c(F)c1. The third-order valence-corrected chi connectivity index (χ3v) is 4.67. The van der Waals surface area contributed by atoms with Crippen LogP contribution in [-0.4, -0.2) is 31.8 Å². The molecule has 0 N–H and O–H groups in total. The molecule has 2 rings (SSSR count). The number of rotatable bonds is 8. The Hall–Kier alpha value is -2.11. The van der Waals surface area contributed by atoms with Crippen molar-refractivity contribution in [3.63, 3.8) is 0 Å². The summed E-state index contributed by atoms with van der Waals surface area (Å²) in [6, 6.07) is 4.16. The fraction of sp³-hybridized carbons (Fsp3) is 0.600. The molecular formula is C20H27FO5. The molecule has 0 saturated heterocycles. The molecule has 5 nitrogen and oxygen atoms in total. The lowest BCUT2D eigenvalue weighted by molar-refractivity contribution is -0.142. The van der Waals surface area contributed by atoms with E-state index in [0.717, 1.165) is 44.6 Å². The molecule has 1 fully saturated rings. The van der Waals surface area contributed by atoms with Gasteiger partial charge in [0.15, 0.2) is 11.6 Å². The molecule has 26 heavy (non-hydrogen) atoms. The first kappa shape index (κ1) is 20.2. The number of methoxy groups -OCH3 is 1. The van der Waals surface area contributed by atoms with Gasteiger partial charge in [-0.3, -0.25) is 4.79 Å². The summed E-state index contributed by atoms with van der Waals surface area (Å²) in [4.78, 5) is 23.2. The Bertz CT molecular complexity index is 608. The van der Waals surface area contributed by atoms with Gasteiger partial charge in [0.2, 0.25) is 0 Å². The second-order valence-corrected chi connectivity index (χ2v) is 6.68. The highest BCUT2D eigenvalue weighted by molar-refractivity contribution is 5.89. The van der Waals surface area contributed by atoms with Gasteiger partial charge in [0.25, 0.3) is 0 Å². The predicted molar refractivity (Wildman–Crippen MR) is 94.6 cm³/mol. The lowest BCUT2D eigenvalue weighted by Crippen LogP contribution is -2.26. The van der Waals surface area contributed by atoms with Crippen LogP contribution >= 0.6 is 0 Å². The topological polar surface area (TPSA) is 61.8 Å². The van der Waals surface area contributed by atoms with Crippen molar-refractivity contribution in [2.24, 2.45) is 5.92 Å². The Morgan fingerprint density at radius 3 is 2.54 bits per heavy atom. The molecule has 0 spiro atoms. The minimum atomic E-state index is -0.563. The molecule has 0 radical (unpaired) electrons. The van der Waals surface area contributed by atoms with Crippen molar-refractivity contribution in [3.8, 4) is 5.75 Å². The number of unbranched alkanes of at least 4 members (excludes halogenated alkanes) is 1. The minimum Gasteiger partial charge on any atom is -0.487 e. The molecule has 0 heterocycles. The van der Waals surface area contributed by atoms with Gasteiger partial charge < -0.3 is 14.2 Å². The number of ether oxygens (including phenoxy) is 3. The van der Waals surface area contributed by atoms with Crippen LogP contribution in [0.5, 0.6) is 5.75 Å². The number of hydrogen-bond donors (Lipinski definition) is 0. The third-order valence-electron chi connectivity index (χ3n) is 4.67. The van der Waals surface area contributed by atoms with Crippen molar-refractivity contribution in [2.75, 3.05) is 13.7 Å². The lowest BCUT2D eigenvalue weighted by Gasteiger charge is -2.28. The Morgan fingerprint density at radius 2 is 1.92 bits per heavy atom. The van der Waals surface area contributed by atoms with E-state index >= 15 is 0 Å². The van der Waals surface area contributed by atoms with Gasteiger partial charge in [-0.25, -0.2) is 9.18 Å². The quantitative estimate of drug-likeness (QED) is 0.507. The molecule has 6 heteroatoms. The van der Waals surface area contributed by atoms with E-state index in [9.17, 15) is 14.0 Å². The monoisotopic (exact) mass is 366 g/mol. The van der Waals surface area contributed by atoms with Crippen molar-refractivity contribution in [1.82, 2.24) is 0 Å². The molecule has 1 aromatic carbocycles. The fourth-order valence-corrected chi connectivity index (χ4v) is 3.07. The lowest BCUT2D eigenvalue weighted by atomic mass is 9.85. The second-order valence-electron chi connectivity index (χ2n) is 6.68. The average molecular weight is 366 g/mol. The van der Waals surface area contributed by atoms with Crippen molar-refractivity contribution in [3.05, 3.63) is 29.6 Å². The van der Waals surface area contributed by atoms with Crippen LogP contribution in [0.4, 0.5) is 4.39 Å². The molecule has 0 bridgehead atoms. The van der Waals surface area contributed by atoms with E-state index in [1.165, 1.54) is 19.2 Å². The highest BCUT2D eigenvalue weighted by atomic mass is 19.1. The fourth-order valence-electron chi connectivity index (χ4n) is 3.07. The van der Waals surface area contributed by atoms with Crippen LogP contribution in [-0.2, 0) is 14.3 Å². The van der Waals surface area contributed by atoms with Gasteiger partial charge >= 0.3 is 11.9 Å². The first-order valence-electron chi connectivity index (χ1n) is 9.23. The maximum Gasteiger partial charge on any atom is 0.338 e. The van der Waals surface area contributed by atoms with Crippen molar-refractivity contribution < 1.29 is 28.2 Å². The van der Waals surface area contributed by atoms with E-state index in [2.05, 4.69) is 0 Å². The molecule has 1 aromatic rings. The van der Waals surface area contributed by atoms with E-state index in [4.69, 9.17) is 14.2 Å². The highest BCUT2D eigenvalue weighted by Crippen LogP contribution is 2.31. The Kier molecular flexibility index (Phi) is 7.88. The molecule has 0 amide bonds. The van der Waals surface area contributed by atoms with Gasteiger partial charge in [-0.05, 0) is 56.2 Å². The van der Waals surface area contributed by atoms with Gasteiger partial charge in [-0.15, -0.1) is 0 Å². The van der Waals surface area contributed by atoms with Crippen LogP contribution in [0.1, 0.15) is 62.2 Å². The standard InChI is InChI=1S/C20H27FO5/c1-3-4-11-25-20(23)15-7-10-18(17(21)13-15)26-16-8-5-14(6-9-16)12-19(22)24-2/h7,10,13-14,16H,3-6,8-9,11-12H2,1-2H3/t14-,16+. The van der Waals surface area contributed by atoms with E-state index in [1.807, 2.05) is 6.92 Å². The van der Waals surface area contributed by atoms with Gasteiger partial charge in [0.05, 0.1) is 25.4 Å². The molecule has 1 aliphatic carbocycles. The summed E-state index contributed by atoms with van der Waals surface area (Å²) in [6.07, 6.45) is 5.29. The van der Waals surface area contributed by atoms with Crippen LogP contribution in [0.2, 0.25) is 0 Å². The maximum absolute atomic E-state index is 14.3. The van der Waals surface area contributed by atoms with Crippen LogP contribution in [0.25, 0.3) is 0 Å². The Morgan fingerprint density at radius 1 is 1.19 bits per heavy atom. The summed E-state index contributed by atoms with van der Waals surface area (Å²) in [6.45, 7) is 2.34. The van der Waals surface area contributed by atoms with Crippen LogP contribution in [0.3, 0.4) is 0 Å². The summed E-state index contributed by atoms with van der Waals surface area (Å²) in [7, 11) is 1.39. The van der Waals surface area contributed by atoms with Crippen LogP contribution < -0.4 is 4.74 Å². The molecule has 144 valence electrons. The number of hydrogen-bond acceptors (Lipinski definition) is 5. The Labute approximate surface area is 153 Å². The van der Waals surface area contributed by atoms with Crippen LogP contribution in [0, 0.1) is 11.7 Å². The first-order valence-corrected chi connectivity index (χ1v) is 9.23. The summed E-state index contributed by atoms with van der Waals surface area (Å²) in [5.74, 6) is -0.834. The van der Waals surface area contributed by atoms with Crippen molar-refractivity contribution in [1.29, 1.82) is 0 Å². The second kappa shape index (κ2) is 10.1. The molecule has 0 atom stereocenters. The Balaban J connectivity index is 1.85. The summed E-state index contributed by atoms with van der Waals surface area (Å²) in [5, 5.41) is 0. The van der Waals surface area contributed by atoms with Crippen molar-refractivity contribution in [2.45, 2.75) is 58.0 Å². The third kappa shape index (κ3) is 6.00. The number of benzene rings is 1. The van der Waals surface area contributed by atoms with E-state index in [0.29, 0.717) is 18.9 Å². The van der Waals surface area contributed by atoms with Gasteiger partial charge in [0, 0.05) is 6.42 Å². The number of carbonyl (C=O) groups is 2. The van der Waals surface area contributed by atoms with Gasteiger partial charge in [-0.1, -0.05) is 13.3 Å². The zero-order chi connectivity index (χ0) is 18.9. The zero-order valence-corrected chi connectivity index (χ0v) is 15.5. The molecule has 0 aromatic heterocycles. The van der Waals surface area contributed by atoms with E-state index in [-0.39, 0.29) is 23.4 Å². The average Bonchev–Trinajstić information content (AvgIpc) is 2.64. The molecular weight excluding hydrogens is 339 g/mol. The highest BCUT2D eigenvalue weighted by Gasteiger charge is 2.25. The molecule has 1 saturated carbocycles. The van der Waals surface area contributed by atoms with Gasteiger partial charge in [-0.2, -0.15) is 0 Å². The van der Waals surface area contributed by atoms with E-state index < -0.39 is 11.8 Å². The smallest absolute Gasteiger partial charge is 0.338 e. The van der Waals surface area contributed by atoms with Crippen molar-refractivity contribution >= 4 is 11.9 Å². The summed E-state index contributed by atoms with van der Waals surface area (Å²) in [5.41, 5.74) is 0.188. The van der Waals surface area contributed by atoms with E-state index in [1.54, 1.807) is 0 Å². The normalized spacial score (nSPS) is 19.7. The van der Waals surface area contributed by atoms with Crippen LogP contribution in [0.15, 0.2) is 18.2 Å². The minimum absolute atomic E-state index is 0.0826. The molecule has 0 unspecified atom stereocenters. The largest absolute Gasteiger partial charge is 0.487 e. The number of halogens is 1. The molecule has 1 aliphatic rings. The molecule has 0 aliphatic heterocycles. The number of esters is 2. The zero-order valence-electron chi connectivity index (χ0n) is 15.5. The predicted octanol–water partition coefficient (Wildman–Crippen LogP) is 4.28. The summed E-state index contributed by atoms with van der Waals surface area (Å²) < 4.78 is 29.8. The first-order chi connectivity index (χ1) is 12.5. The number of carbonyl (C=O) groups excluding carboxylic acids is 2.